The number of ether oxygens (including phenoxy) is 1. The van der Waals surface area contributed by atoms with Gasteiger partial charge in [-0.1, -0.05) is 18.2 Å². The van der Waals surface area contributed by atoms with Crippen molar-refractivity contribution in [2.24, 2.45) is 0 Å². The van der Waals surface area contributed by atoms with E-state index in [-0.39, 0.29) is 17.4 Å². The van der Waals surface area contributed by atoms with Crippen molar-refractivity contribution in [3.8, 4) is 5.75 Å². The Hall–Kier alpha value is -2.63. The largest absolute Gasteiger partial charge is 0.496 e. The van der Waals surface area contributed by atoms with Gasteiger partial charge >= 0.3 is 0 Å². The molecule has 0 saturated heterocycles. The lowest BCUT2D eigenvalue weighted by molar-refractivity contribution is 0.0946. The minimum Gasteiger partial charge on any atom is -0.496 e. The van der Waals surface area contributed by atoms with Gasteiger partial charge in [0.1, 0.15) is 5.75 Å². The molecule has 0 radical (unpaired) electrons. The third-order valence-corrected chi connectivity index (χ3v) is 2.57. The monoisotopic (exact) mass is 258 g/mol. The highest BCUT2D eigenvalue weighted by molar-refractivity contribution is 5.96. The fourth-order valence-corrected chi connectivity index (χ4v) is 1.63. The number of carbonyl (C=O) groups excluding carboxylic acids is 1. The van der Waals surface area contributed by atoms with Gasteiger partial charge in [-0.05, 0) is 6.07 Å². The van der Waals surface area contributed by atoms with Crippen molar-refractivity contribution in [3.63, 3.8) is 0 Å². The Morgan fingerprint density at radius 2 is 2.05 bits per heavy atom. The second-order valence-electron chi connectivity index (χ2n) is 3.78. The average molecular weight is 258 g/mol. The van der Waals surface area contributed by atoms with E-state index in [0.717, 1.165) is 11.3 Å². The maximum Gasteiger partial charge on any atom is 0.273 e. The number of hydrogen-bond acceptors (Lipinski definition) is 5. The Morgan fingerprint density at radius 1 is 1.32 bits per heavy atom. The number of nitrogen functional groups attached to an aromatic ring is 1. The Kier molecular flexibility index (Phi) is 3.92. The Bertz CT molecular complexity index is 586. The SMILES string of the molecule is COc1ccccc1CNC(=O)c1nccnc1N. The molecule has 0 unspecified atom stereocenters. The van der Waals surface area contributed by atoms with Crippen LogP contribution in [0.3, 0.4) is 0 Å². The summed E-state index contributed by atoms with van der Waals surface area (Å²) in [4.78, 5) is 19.6. The number of carbonyl (C=O) groups is 1. The topological polar surface area (TPSA) is 90.1 Å². The summed E-state index contributed by atoms with van der Waals surface area (Å²) in [6.07, 6.45) is 2.86. The Labute approximate surface area is 110 Å². The first-order chi connectivity index (χ1) is 9.22. The van der Waals surface area contributed by atoms with E-state index in [9.17, 15) is 4.79 Å². The van der Waals surface area contributed by atoms with E-state index in [1.165, 1.54) is 12.4 Å². The van der Waals surface area contributed by atoms with E-state index in [1.54, 1.807) is 7.11 Å². The van der Waals surface area contributed by atoms with Gasteiger partial charge in [0.25, 0.3) is 5.91 Å². The summed E-state index contributed by atoms with van der Waals surface area (Å²) in [7, 11) is 1.58. The molecule has 0 atom stereocenters. The third-order valence-electron chi connectivity index (χ3n) is 2.57. The molecule has 1 amide bonds. The molecule has 0 aliphatic carbocycles. The number of benzene rings is 1. The molecular formula is C13H14N4O2. The third kappa shape index (κ3) is 2.98. The molecule has 0 fully saturated rings. The molecule has 1 aromatic carbocycles. The normalized spacial score (nSPS) is 9.95. The molecule has 0 saturated carbocycles. The van der Waals surface area contributed by atoms with Crippen molar-refractivity contribution >= 4 is 11.7 Å². The van der Waals surface area contributed by atoms with Crippen LogP contribution < -0.4 is 15.8 Å². The fraction of sp³-hybridized carbons (Fsp3) is 0.154. The highest BCUT2D eigenvalue weighted by Gasteiger charge is 2.12. The maximum atomic E-state index is 11.9. The molecule has 98 valence electrons. The van der Waals surface area contributed by atoms with Gasteiger partial charge in [-0.25, -0.2) is 9.97 Å². The number of anilines is 1. The molecule has 2 aromatic rings. The zero-order valence-electron chi connectivity index (χ0n) is 10.5. The van der Waals surface area contributed by atoms with Crippen molar-refractivity contribution in [1.29, 1.82) is 0 Å². The molecule has 0 spiro atoms. The highest BCUT2D eigenvalue weighted by atomic mass is 16.5. The smallest absolute Gasteiger partial charge is 0.273 e. The van der Waals surface area contributed by atoms with Gasteiger partial charge in [0.15, 0.2) is 11.5 Å². The molecule has 3 N–H and O–H groups in total. The van der Waals surface area contributed by atoms with Gasteiger partial charge in [0.05, 0.1) is 7.11 Å². The number of aromatic nitrogens is 2. The van der Waals surface area contributed by atoms with E-state index in [1.807, 2.05) is 24.3 Å². The summed E-state index contributed by atoms with van der Waals surface area (Å²) in [5.41, 5.74) is 6.59. The van der Waals surface area contributed by atoms with E-state index in [2.05, 4.69) is 15.3 Å². The lowest BCUT2D eigenvalue weighted by atomic mass is 10.2. The minimum absolute atomic E-state index is 0.111. The number of amides is 1. The van der Waals surface area contributed by atoms with Crippen LogP contribution in [0.4, 0.5) is 5.82 Å². The Morgan fingerprint density at radius 3 is 2.79 bits per heavy atom. The molecule has 1 heterocycles. The molecular weight excluding hydrogens is 244 g/mol. The first kappa shape index (κ1) is 12.8. The summed E-state index contributed by atoms with van der Waals surface area (Å²) in [6, 6.07) is 7.45. The molecule has 0 aliphatic rings. The van der Waals surface area contributed by atoms with Crippen molar-refractivity contribution < 1.29 is 9.53 Å². The number of methoxy groups -OCH3 is 1. The molecule has 6 heteroatoms. The van der Waals surface area contributed by atoms with Crippen LogP contribution in [0.2, 0.25) is 0 Å². The minimum atomic E-state index is -0.364. The fourth-order valence-electron chi connectivity index (χ4n) is 1.63. The molecule has 19 heavy (non-hydrogen) atoms. The predicted octanol–water partition coefficient (Wildman–Crippen LogP) is 0.997. The maximum absolute atomic E-state index is 11.9. The van der Waals surface area contributed by atoms with E-state index in [4.69, 9.17) is 10.5 Å². The lowest BCUT2D eigenvalue weighted by Crippen LogP contribution is -2.25. The number of rotatable bonds is 4. The van der Waals surface area contributed by atoms with Crippen LogP contribution in [-0.2, 0) is 6.54 Å². The van der Waals surface area contributed by atoms with Gasteiger partial charge in [-0.2, -0.15) is 0 Å². The zero-order chi connectivity index (χ0) is 13.7. The van der Waals surface area contributed by atoms with Crippen LogP contribution >= 0.6 is 0 Å². The Balaban J connectivity index is 2.07. The molecule has 0 bridgehead atoms. The summed E-state index contributed by atoms with van der Waals surface area (Å²) >= 11 is 0. The van der Waals surface area contributed by atoms with Gasteiger partial charge < -0.3 is 15.8 Å². The van der Waals surface area contributed by atoms with Crippen LogP contribution in [0.25, 0.3) is 0 Å². The zero-order valence-corrected chi connectivity index (χ0v) is 10.5. The molecule has 0 aliphatic heterocycles. The number of para-hydroxylation sites is 1. The second-order valence-corrected chi connectivity index (χ2v) is 3.78. The van der Waals surface area contributed by atoms with Crippen molar-refractivity contribution in [1.82, 2.24) is 15.3 Å². The summed E-state index contributed by atoms with van der Waals surface area (Å²) in [5, 5.41) is 2.73. The molecule has 2 rings (SSSR count). The van der Waals surface area contributed by atoms with Gasteiger partial charge in [0, 0.05) is 24.5 Å². The van der Waals surface area contributed by atoms with Crippen molar-refractivity contribution in [2.45, 2.75) is 6.54 Å². The van der Waals surface area contributed by atoms with Gasteiger partial charge in [-0.3, -0.25) is 4.79 Å². The van der Waals surface area contributed by atoms with Crippen molar-refractivity contribution in [2.75, 3.05) is 12.8 Å². The van der Waals surface area contributed by atoms with Gasteiger partial charge in [-0.15, -0.1) is 0 Å². The van der Waals surface area contributed by atoms with E-state index >= 15 is 0 Å². The number of hydrogen-bond donors (Lipinski definition) is 2. The van der Waals surface area contributed by atoms with Gasteiger partial charge in [0.2, 0.25) is 0 Å². The average Bonchev–Trinajstić information content (AvgIpc) is 2.45. The van der Waals surface area contributed by atoms with Crippen LogP contribution in [-0.4, -0.2) is 23.0 Å². The van der Waals surface area contributed by atoms with Crippen LogP contribution in [0.15, 0.2) is 36.7 Å². The van der Waals surface area contributed by atoms with Crippen LogP contribution in [0.1, 0.15) is 16.1 Å². The van der Waals surface area contributed by atoms with Crippen molar-refractivity contribution in [3.05, 3.63) is 47.9 Å². The molecule has 6 nitrogen and oxygen atoms in total. The first-order valence-corrected chi connectivity index (χ1v) is 5.69. The summed E-state index contributed by atoms with van der Waals surface area (Å²) < 4.78 is 5.20. The lowest BCUT2D eigenvalue weighted by Gasteiger charge is -2.09. The summed E-state index contributed by atoms with van der Waals surface area (Å²) in [6.45, 7) is 0.332. The van der Waals surface area contributed by atoms with E-state index in [0.29, 0.717) is 6.54 Å². The van der Waals surface area contributed by atoms with E-state index < -0.39 is 0 Å². The quantitative estimate of drug-likeness (QED) is 0.853. The standard InChI is InChI=1S/C13H14N4O2/c1-19-10-5-3-2-4-9(10)8-17-13(18)11-12(14)16-7-6-15-11/h2-7H,8H2,1H3,(H2,14,16)(H,17,18). The summed E-state index contributed by atoms with van der Waals surface area (Å²) in [5.74, 6) is 0.464. The second kappa shape index (κ2) is 5.81. The predicted molar refractivity (Wildman–Crippen MR) is 70.6 cm³/mol. The number of nitrogens with one attached hydrogen (secondary N) is 1. The highest BCUT2D eigenvalue weighted by Crippen LogP contribution is 2.16. The number of nitrogens with zero attached hydrogens (tertiary/aromatic N) is 2. The van der Waals surface area contributed by atoms with Crippen LogP contribution in [0, 0.1) is 0 Å². The first-order valence-electron chi connectivity index (χ1n) is 5.69. The molecule has 1 aromatic heterocycles. The number of nitrogens with two attached hydrogens (primary N) is 1. The van der Waals surface area contributed by atoms with Crippen LogP contribution in [0.5, 0.6) is 5.75 Å².